The zero-order valence-corrected chi connectivity index (χ0v) is 16.8. The Bertz CT molecular complexity index is 1340. The van der Waals surface area contributed by atoms with E-state index >= 15 is 0 Å². The molecule has 152 valence electrons. The third-order valence-corrected chi connectivity index (χ3v) is 5.90. The molecule has 4 rings (SSSR count). The average Bonchev–Trinajstić information content (AvgIpc) is 2.73. The number of benzene rings is 3. The van der Waals surface area contributed by atoms with E-state index in [2.05, 4.69) is 10.3 Å². The maximum atomic E-state index is 14.0. The largest absolute Gasteiger partial charge is 0.359 e. The lowest BCUT2D eigenvalue weighted by Gasteiger charge is -2.21. The average molecular weight is 424 g/mol. The van der Waals surface area contributed by atoms with Crippen LogP contribution in [0.5, 0.6) is 0 Å². The Hall–Kier alpha value is -3.32. The summed E-state index contributed by atoms with van der Waals surface area (Å²) in [5.41, 5.74) is 1.80. The summed E-state index contributed by atoms with van der Waals surface area (Å²) in [5, 5.41) is 4.20. The number of hydrogen-bond acceptors (Lipinski definition) is 4. The third kappa shape index (κ3) is 4.16. The predicted octanol–water partition coefficient (Wildman–Crippen LogP) is 5.12. The molecule has 3 aromatic carbocycles. The van der Waals surface area contributed by atoms with Gasteiger partial charge in [0.2, 0.25) is 0 Å². The number of hydrogen-bond donors (Lipinski definition) is 1. The second kappa shape index (κ2) is 7.84. The first-order chi connectivity index (χ1) is 14.3. The van der Waals surface area contributed by atoms with Gasteiger partial charge in [0.05, 0.1) is 16.5 Å². The molecule has 1 heterocycles. The van der Waals surface area contributed by atoms with Gasteiger partial charge in [-0.1, -0.05) is 36.4 Å². The number of sulfone groups is 1. The SMILES string of the molecule is CS(=O)(=O)c1cccc(C(Nc2ccc3ccccc3n2)c2ccc(F)c(F)c2)c1. The first kappa shape index (κ1) is 20.0. The van der Waals surface area contributed by atoms with Crippen molar-refractivity contribution in [2.45, 2.75) is 10.9 Å². The molecular weight excluding hydrogens is 406 g/mol. The number of nitrogens with zero attached hydrogens (tertiary/aromatic N) is 1. The van der Waals surface area contributed by atoms with Crippen molar-refractivity contribution in [3.05, 3.63) is 102 Å². The molecule has 0 saturated heterocycles. The van der Waals surface area contributed by atoms with Gasteiger partial charge in [0.1, 0.15) is 5.82 Å². The highest BCUT2D eigenvalue weighted by Crippen LogP contribution is 2.29. The van der Waals surface area contributed by atoms with Gasteiger partial charge in [0.15, 0.2) is 21.5 Å². The summed E-state index contributed by atoms with van der Waals surface area (Å²) in [6.07, 6.45) is 1.12. The molecular formula is C23H18F2N2O2S. The van der Waals surface area contributed by atoms with Gasteiger partial charge < -0.3 is 5.32 Å². The van der Waals surface area contributed by atoms with Crippen LogP contribution in [-0.2, 0) is 9.84 Å². The van der Waals surface area contributed by atoms with E-state index in [1.165, 1.54) is 18.2 Å². The topological polar surface area (TPSA) is 59.1 Å². The van der Waals surface area contributed by atoms with Crippen LogP contribution in [0.15, 0.2) is 83.8 Å². The summed E-state index contributed by atoms with van der Waals surface area (Å²) in [4.78, 5) is 4.72. The molecule has 0 aliphatic heterocycles. The highest BCUT2D eigenvalue weighted by molar-refractivity contribution is 7.90. The van der Waals surface area contributed by atoms with Crippen LogP contribution < -0.4 is 5.32 Å². The monoisotopic (exact) mass is 424 g/mol. The van der Waals surface area contributed by atoms with Crippen molar-refractivity contribution in [3.63, 3.8) is 0 Å². The van der Waals surface area contributed by atoms with Crippen molar-refractivity contribution in [3.8, 4) is 0 Å². The van der Waals surface area contributed by atoms with E-state index in [0.29, 0.717) is 16.9 Å². The molecule has 0 amide bonds. The minimum atomic E-state index is -3.44. The van der Waals surface area contributed by atoms with Gasteiger partial charge in [-0.2, -0.15) is 0 Å². The summed E-state index contributed by atoms with van der Waals surface area (Å²) in [5.74, 6) is -1.41. The van der Waals surface area contributed by atoms with Crippen LogP contribution in [0.1, 0.15) is 17.2 Å². The van der Waals surface area contributed by atoms with Crippen molar-refractivity contribution >= 4 is 26.6 Å². The van der Waals surface area contributed by atoms with Crippen LogP contribution in [-0.4, -0.2) is 19.7 Å². The molecule has 30 heavy (non-hydrogen) atoms. The van der Waals surface area contributed by atoms with E-state index in [4.69, 9.17) is 0 Å². The lowest BCUT2D eigenvalue weighted by molar-refractivity contribution is 0.506. The fourth-order valence-corrected chi connectivity index (χ4v) is 3.95. The van der Waals surface area contributed by atoms with Crippen LogP contribution in [0.2, 0.25) is 0 Å². The summed E-state index contributed by atoms with van der Waals surface area (Å²) in [6, 6.07) is 20.6. The van der Waals surface area contributed by atoms with E-state index in [9.17, 15) is 17.2 Å². The van der Waals surface area contributed by atoms with Gasteiger partial charge in [-0.25, -0.2) is 22.2 Å². The summed E-state index contributed by atoms with van der Waals surface area (Å²) < 4.78 is 51.5. The Morgan fingerprint density at radius 3 is 2.37 bits per heavy atom. The Morgan fingerprint density at radius 2 is 1.60 bits per heavy atom. The van der Waals surface area contributed by atoms with E-state index in [1.54, 1.807) is 18.2 Å². The molecule has 0 bridgehead atoms. The Balaban J connectivity index is 1.81. The molecule has 1 aromatic heterocycles. The lowest BCUT2D eigenvalue weighted by atomic mass is 9.98. The molecule has 0 fully saturated rings. The number of aromatic nitrogens is 1. The van der Waals surface area contributed by atoms with E-state index < -0.39 is 27.5 Å². The van der Waals surface area contributed by atoms with Gasteiger partial charge in [0, 0.05) is 11.6 Å². The minimum absolute atomic E-state index is 0.140. The van der Waals surface area contributed by atoms with Gasteiger partial charge in [-0.15, -0.1) is 0 Å². The molecule has 0 saturated carbocycles. The van der Waals surface area contributed by atoms with Crippen LogP contribution >= 0.6 is 0 Å². The van der Waals surface area contributed by atoms with Crippen LogP contribution in [0, 0.1) is 11.6 Å². The zero-order valence-electron chi connectivity index (χ0n) is 16.0. The fraction of sp³-hybridized carbons (Fsp3) is 0.0870. The molecule has 1 N–H and O–H groups in total. The van der Waals surface area contributed by atoms with Gasteiger partial charge in [0.25, 0.3) is 0 Å². The molecule has 4 aromatic rings. The van der Waals surface area contributed by atoms with Gasteiger partial charge in [-0.3, -0.25) is 0 Å². The Kier molecular flexibility index (Phi) is 5.22. The molecule has 4 nitrogen and oxygen atoms in total. The predicted molar refractivity (Wildman–Crippen MR) is 113 cm³/mol. The first-order valence-corrected chi connectivity index (χ1v) is 11.1. The summed E-state index contributed by atoms with van der Waals surface area (Å²) in [6.45, 7) is 0. The Morgan fingerprint density at radius 1 is 0.833 bits per heavy atom. The molecule has 1 unspecified atom stereocenters. The smallest absolute Gasteiger partial charge is 0.175 e. The van der Waals surface area contributed by atoms with E-state index in [0.717, 1.165) is 29.3 Å². The number of halogens is 2. The standard InChI is InChI=1S/C23H18F2N2O2S/c1-30(28,29)18-7-4-6-16(13-18)23(17-9-11-19(24)20(25)14-17)27-22-12-10-15-5-2-3-8-21(15)26-22/h2-14,23H,1H3,(H,26,27). The maximum absolute atomic E-state index is 14.0. The van der Waals surface area contributed by atoms with Gasteiger partial charge in [-0.05, 0) is 53.6 Å². The molecule has 0 aliphatic carbocycles. The third-order valence-electron chi connectivity index (χ3n) is 4.79. The normalized spacial score (nSPS) is 12.6. The summed E-state index contributed by atoms with van der Waals surface area (Å²) in [7, 11) is -3.44. The second-order valence-electron chi connectivity index (χ2n) is 6.98. The number of nitrogens with one attached hydrogen (secondary N) is 1. The van der Waals surface area contributed by atoms with Crippen LogP contribution in [0.4, 0.5) is 14.6 Å². The van der Waals surface area contributed by atoms with Crippen LogP contribution in [0.3, 0.4) is 0 Å². The van der Waals surface area contributed by atoms with Crippen molar-refractivity contribution in [2.24, 2.45) is 0 Å². The molecule has 1 atom stereocenters. The zero-order chi connectivity index (χ0) is 21.3. The van der Waals surface area contributed by atoms with E-state index in [1.807, 2.05) is 30.3 Å². The van der Waals surface area contributed by atoms with E-state index in [-0.39, 0.29) is 4.90 Å². The number of fused-ring (bicyclic) bond motifs is 1. The maximum Gasteiger partial charge on any atom is 0.175 e. The molecule has 0 aliphatic rings. The van der Waals surface area contributed by atoms with Gasteiger partial charge >= 0.3 is 0 Å². The van der Waals surface area contributed by atoms with Crippen molar-refractivity contribution in [2.75, 3.05) is 11.6 Å². The van der Waals surface area contributed by atoms with Crippen molar-refractivity contribution < 1.29 is 17.2 Å². The lowest BCUT2D eigenvalue weighted by Crippen LogP contribution is -2.14. The quantitative estimate of drug-likeness (QED) is 0.483. The minimum Gasteiger partial charge on any atom is -0.359 e. The highest BCUT2D eigenvalue weighted by atomic mass is 32.2. The number of rotatable bonds is 5. The highest BCUT2D eigenvalue weighted by Gasteiger charge is 2.19. The molecule has 0 spiro atoms. The molecule has 0 radical (unpaired) electrons. The fourth-order valence-electron chi connectivity index (χ4n) is 3.27. The first-order valence-electron chi connectivity index (χ1n) is 9.18. The number of pyridine rings is 1. The van der Waals surface area contributed by atoms with Crippen molar-refractivity contribution in [1.82, 2.24) is 4.98 Å². The van der Waals surface area contributed by atoms with Crippen molar-refractivity contribution in [1.29, 1.82) is 0 Å². The number of para-hydroxylation sites is 1. The van der Waals surface area contributed by atoms with Crippen LogP contribution in [0.25, 0.3) is 10.9 Å². The molecule has 7 heteroatoms. The number of anilines is 1. The summed E-state index contributed by atoms with van der Waals surface area (Å²) >= 11 is 0. The second-order valence-corrected chi connectivity index (χ2v) is 9.00. The Labute approximate surface area is 173 Å².